The second-order valence-electron chi connectivity index (χ2n) is 4.80. The van der Waals surface area contributed by atoms with Gasteiger partial charge in [0.25, 0.3) is 5.56 Å². The summed E-state index contributed by atoms with van der Waals surface area (Å²) >= 11 is 0. The van der Waals surface area contributed by atoms with Gasteiger partial charge < -0.3 is 8.98 Å². The first-order valence-electron chi connectivity index (χ1n) is 6.49. The number of ketones is 2. The van der Waals surface area contributed by atoms with Gasteiger partial charge in [-0.05, 0) is 31.0 Å². The molecule has 0 fully saturated rings. The lowest BCUT2D eigenvalue weighted by atomic mass is 9.94. The van der Waals surface area contributed by atoms with Gasteiger partial charge in [0.2, 0.25) is 5.78 Å². The van der Waals surface area contributed by atoms with E-state index in [4.69, 9.17) is 4.42 Å². The molecule has 5 heteroatoms. The lowest BCUT2D eigenvalue weighted by molar-refractivity contribution is 0.0932. The van der Waals surface area contributed by atoms with E-state index >= 15 is 0 Å². The maximum atomic E-state index is 12.1. The summed E-state index contributed by atoms with van der Waals surface area (Å²) in [6.45, 7) is -0.0944. The van der Waals surface area contributed by atoms with E-state index in [1.165, 1.54) is 16.9 Å². The molecule has 20 heavy (non-hydrogen) atoms. The zero-order valence-electron chi connectivity index (χ0n) is 10.8. The van der Waals surface area contributed by atoms with Crippen molar-refractivity contribution < 1.29 is 14.0 Å². The normalized spacial score (nSPS) is 14.1. The molecule has 102 valence electrons. The Labute approximate surface area is 114 Å². The van der Waals surface area contributed by atoms with Crippen molar-refractivity contribution in [2.24, 2.45) is 0 Å². The van der Waals surface area contributed by atoms with E-state index in [2.05, 4.69) is 0 Å². The minimum absolute atomic E-state index is 0.0328. The molecule has 2 aromatic heterocycles. The Kier molecular flexibility index (Phi) is 3.10. The van der Waals surface area contributed by atoms with Crippen LogP contribution < -0.4 is 5.56 Å². The molecule has 0 spiro atoms. The van der Waals surface area contributed by atoms with Gasteiger partial charge in [-0.3, -0.25) is 14.4 Å². The molecule has 3 rings (SSSR count). The van der Waals surface area contributed by atoms with E-state index < -0.39 is 0 Å². The van der Waals surface area contributed by atoms with Crippen LogP contribution >= 0.6 is 0 Å². The second-order valence-corrected chi connectivity index (χ2v) is 4.80. The smallest absolute Gasteiger partial charge is 0.251 e. The summed E-state index contributed by atoms with van der Waals surface area (Å²) in [4.78, 5) is 35.9. The zero-order chi connectivity index (χ0) is 14.1. The summed E-state index contributed by atoms with van der Waals surface area (Å²) < 4.78 is 6.43. The van der Waals surface area contributed by atoms with Gasteiger partial charge in [-0.1, -0.05) is 0 Å². The van der Waals surface area contributed by atoms with Gasteiger partial charge in [0.1, 0.15) is 0 Å². The fraction of sp³-hybridized carbons (Fsp3) is 0.267. The molecule has 0 saturated heterocycles. The molecule has 2 aromatic rings. The molecule has 1 aliphatic carbocycles. The number of pyridine rings is 1. The van der Waals surface area contributed by atoms with Crippen LogP contribution in [0.25, 0.3) is 0 Å². The fourth-order valence-electron chi connectivity index (χ4n) is 2.53. The number of rotatable bonds is 3. The molecular weight excluding hydrogens is 258 g/mol. The van der Waals surface area contributed by atoms with Crippen LogP contribution in [-0.2, 0) is 13.0 Å². The average Bonchev–Trinajstić information content (AvgIpc) is 2.96. The predicted molar refractivity (Wildman–Crippen MR) is 71.0 cm³/mol. The van der Waals surface area contributed by atoms with Crippen molar-refractivity contribution in [3.05, 3.63) is 57.9 Å². The molecule has 0 bridgehead atoms. The van der Waals surface area contributed by atoms with E-state index in [9.17, 15) is 14.4 Å². The SMILES string of the molecule is O=C(Cn1c2c(ccc1=O)C(=O)CCC2)c1ccco1. The lowest BCUT2D eigenvalue weighted by Crippen LogP contribution is -2.30. The number of Topliss-reactive ketones (excluding diaryl/α,β-unsaturated/α-hetero) is 2. The number of carbonyl (C=O) groups is 2. The Morgan fingerprint density at radius 2 is 2.05 bits per heavy atom. The maximum absolute atomic E-state index is 12.1. The summed E-state index contributed by atoms with van der Waals surface area (Å²) in [7, 11) is 0. The molecule has 5 nitrogen and oxygen atoms in total. The number of furan rings is 1. The van der Waals surface area contributed by atoms with E-state index in [0.717, 1.165) is 0 Å². The van der Waals surface area contributed by atoms with Crippen molar-refractivity contribution in [1.29, 1.82) is 0 Å². The van der Waals surface area contributed by atoms with Gasteiger partial charge in [-0.15, -0.1) is 0 Å². The van der Waals surface area contributed by atoms with Crippen LogP contribution in [-0.4, -0.2) is 16.1 Å². The molecule has 0 unspecified atom stereocenters. The van der Waals surface area contributed by atoms with Crippen molar-refractivity contribution >= 4 is 11.6 Å². The van der Waals surface area contributed by atoms with E-state index in [1.807, 2.05) is 0 Å². The van der Waals surface area contributed by atoms with E-state index in [1.54, 1.807) is 18.2 Å². The Hall–Kier alpha value is -2.43. The highest BCUT2D eigenvalue weighted by Crippen LogP contribution is 2.20. The number of aromatic nitrogens is 1. The molecule has 0 aliphatic heterocycles. The third-order valence-electron chi connectivity index (χ3n) is 3.51. The van der Waals surface area contributed by atoms with Gasteiger partial charge in [0, 0.05) is 23.7 Å². The van der Waals surface area contributed by atoms with Crippen LogP contribution in [0.2, 0.25) is 0 Å². The second kappa shape index (κ2) is 4.92. The number of fused-ring (bicyclic) bond motifs is 1. The first-order chi connectivity index (χ1) is 9.66. The largest absolute Gasteiger partial charge is 0.461 e. The first kappa shape index (κ1) is 12.6. The van der Waals surface area contributed by atoms with Crippen molar-refractivity contribution in [2.45, 2.75) is 25.8 Å². The minimum atomic E-state index is -0.275. The molecular formula is C15H13NO4. The van der Waals surface area contributed by atoms with E-state index in [0.29, 0.717) is 30.5 Å². The topological polar surface area (TPSA) is 69.3 Å². The first-order valence-corrected chi connectivity index (χ1v) is 6.49. The number of carbonyl (C=O) groups excluding carboxylic acids is 2. The van der Waals surface area contributed by atoms with Crippen LogP contribution in [0.15, 0.2) is 39.7 Å². The monoisotopic (exact) mass is 271 g/mol. The quantitative estimate of drug-likeness (QED) is 0.799. The minimum Gasteiger partial charge on any atom is -0.461 e. The molecule has 0 saturated carbocycles. The zero-order valence-corrected chi connectivity index (χ0v) is 10.8. The van der Waals surface area contributed by atoms with Crippen molar-refractivity contribution in [1.82, 2.24) is 4.57 Å². The van der Waals surface area contributed by atoms with Crippen LogP contribution in [0.1, 0.15) is 39.4 Å². The van der Waals surface area contributed by atoms with Crippen LogP contribution in [0, 0.1) is 0 Å². The molecule has 1 aliphatic rings. The number of hydrogen-bond acceptors (Lipinski definition) is 4. The molecule has 0 atom stereocenters. The summed E-state index contributed by atoms with van der Waals surface area (Å²) in [5, 5.41) is 0. The summed E-state index contributed by atoms with van der Waals surface area (Å²) in [6, 6.07) is 6.10. The third-order valence-corrected chi connectivity index (χ3v) is 3.51. The average molecular weight is 271 g/mol. The number of hydrogen-bond donors (Lipinski definition) is 0. The summed E-state index contributed by atoms with van der Waals surface area (Å²) in [6.07, 6.45) is 3.27. The Balaban J connectivity index is 2.01. The highest BCUT2D eigenvalue weighted by atomic mass is 16.3. The maximum Gasteiger partial charge on any atom is 0.251 e. The van der Waals surface area contributed by atoms with Crippen LogP contribution in [0.4, 0.5) is 0 Å². The lowest BCUT2D eigenvalue weighted by Gasteiger charge is -2.19. The van der Waals surface area contributed by atoms with Gasteiger partial charge in [0.15, 0.2) is 11.5 Å². The molecule has 0 N–H and O–H groups in total. The summed E-state index contributed by atoms with van der Waals surface area (Å²) in [5.74, 6) is -0.0226. The van der Waals surface area contributed by atoms with Crippen molar-refractivity contribution in [3.8, 4) is 0 Å². The van der Waals surface area contributed by atoms with Crippen LogP contribution in [0.5, 0.6) is 0 Å². The molecule has 0 radical (unpaired) electrons. The van der Waals surface area contributed by atoms with Crippen LogP contribution in [0.3, 0.4) is 0 Å². The van der Waals surface area contributed by atoms with Gasteiger partial charge in [-0.25, -0.2) is 0 Å². The van der Waals surface area contributed by atoms with Gasteiger partial charge >= 0.3 is 0 Å². The number of nitrogens with zero attached hydrogens (tertiary/aromatic N) is 1. The summed E-state index contributed by atoms with van der Waals surface area (Å²) in [5.41, 5.74) is 0.954. The van der Waals surface area contributed by atoms with Crippen molar-refractivity contribution in [3.63, 3.8) is 0 Å². The Morgan fingerprint density at radius 3 is 2.80 bits per heavy atom. The Bertz CT molecular complexity index is 725. The molecule has 0 amide bonds. The Morgan fingerprint density at radius 1 is 1.20 bits per heavy atom. The third kappa shape index (κ3) is 2.11. The highest BCUT2D eigenvalue weighted by molar-refractivity contribution is 5.98. The molecule has 2 heterocycles. The fourth-order valence-corrected chi connectivity index (χ4v) is 2.53. The van der Waals surface area contributed by atoms with Gasteiger partial charge in [0.05, 0.1) is 12.8 Å². The molecule has 0 aromatic carbocycles. The highest BCUT2D eigenvalue weighted by Gasteiger charge is 2.22. The van der Waals surface area contributed by atoms with E-state index in [-0.39, 0.29) is 29.4 Å². The predicted octanol–water partition coefficient (Wildman–Crippen LogP) is 1.84. The van der Waals surface area contributed by atoms with Gasteiger partial charge in [-0.2, -0.15) is 0 Å². The standard InChI is InChI=1S/C15H13NO4/c17-12-4-1-3-11-10(12)6-7-15(19)16(11)9-13(18)14-5-2-8-20-14/h2,5-8H,1,3-4,9H2. The van der Waals surface area contributed by atoms with Crippen molar-refractivity contribution in [2.75, 3.05) is 0 Å².